The Morgan fingerprint density at radius 3 is 1.88 bits per heavy atom. The zero-order valence-electron chi connectivity index (χ0n) is 5.24. The van der Waals surface area contributed by atoms with Crippen LogP contribution in [-0.2, 0) is 4.74 Å². The van der Waals surface area contributed by atoms with E-state index in [9.17, 15) is 0 Å². The van der Waals surface area contributed by atoms with Gasteiger partial charge in [0, 0.05) is 7.11 Å². The molecule has 50 valence electrons. The molecule has 0 aliphatic rings. The molecular weight excluding hydrogens is 163 g/mol. The molecule has 0 rings (SSSR count). The Labute approximate surface area is 60.3 Å². The second kappa shape index (κ2) is 3.06. The average Bonchev–Trinajstić information content (AvgIpc) is 1.62. The maximum atomic E-state index is 5.76. The minimum atomic E-state index is -2.04. The Kier molecular flexibility index (Phi) is 3.35. The molecule has 0 aliphatic carbocycles. The number of hydrogen-bond acceptors (Lipinski definition) is 1. The standard InChI is InChI=1S/C4H10Cl2OSi/c1-4(7-2)8(3,5)6/h4H,1-3H3. The Morgan fingerprint density at radius 1 is 1.50 bits per heavy atom. The third kappa shape index (κ3) is 2.92. The van der Waals surface area contributed by atoms with Gasteiger partial charge in [0.2, 0.25) is 0 Å². The predicted octanol–water partition coefficient (Wildman–Crippen LogP) is 2.11. The quantitative estimate of drug-likeness (QED) is 0.459. The lowest BCUT2D eigenvalue weighted by Crippen LogP contribution is -2.32. The molecule has 0 spiro atoms. The number of ether oxygens (including phenoxy) is 1. The van der Waals surface area contributed by atoms with Crippen LogP contribution < -0.4 is 0 Å². The maximum Gasteiger partial charge on any atom is 0.275 e. The molecule has 0 radical (unpaired) electrons. The SMILES string of the molecule is COC(C)[Si](C)(Cl)Cl. The van der Waals surface area contributed by atoms with Gasteiger partial charge in [-0.3, -0.25) is 0 Å². The van der Waals surface area contributed by atoms with Crippen molar-refractivity contribution in [2.24, 2.45) is 0 Å². The van der Waals surface area contributed by atoms with Crippen LogP contribution in [0.5, 0.6) is 0 Å². The molecule has 1 atom stereocenters. The summed E-state index contributed by atoms with van der Waals surface area (Å²) in [6, 6.07) is 0. The summed E-state index contributed by atoms with van der Waals surface area (Å²) in [5.41, 5.74) is 0.0193. The van der Waals surface area contributed by atoms with Gasteiger partial charge >= 0.3 is 0 Å². The van der Waals surface area contributed by atoms with Crippen molar-refractivity contribution in [1.82, 2.24) is 0 Å². The molecule has 0 N–H and O–H groups in total. The smallest absolute Gasteiger partial charge is 0.275 e. The Hall–Kier alpha value is 0.757. The van der Waals surface area contributed by atoms with E-state index in [0.717, 1.165) is 0 Å². The van der Waals surface area contributed by atoms with Gasteiger partial charge in [0.1, 0.15) is 0 Å². The van der Waals surface area contributed by atoms with Crippen LogP contribution in [0.15, 0.2) is 0 Å². The van der Waals surface area contributed by atoms with E-state index < -0.39 is 6.69 Å². The average molecular weight is 173 g/mol. The first-order valence-electron chi connectivity index (χ1n) is 2.39. The Balaban J connectivity index is 3.62. The zero-order valence-corrected chi connectivity index (χ0v) is 7.75. The minimum Gasteiger partial charge on any atom is -0.382 e. The third-order valence-electron chi connectivity index (χ3n) is 1.07. The van der Waals surface area contributed by atoms with Crippen molar-refractivity contribution in [3.63, 3.8) is 0 Å². The minimum absolute atomic E-state index is 0.0193. The number of rotatable bonds is 2. The first kappa shape index (κ1) is 8.76. The molecule has 8 heavy (non-hydrogen) atoms. The van der Waals surface area contributed by atoms with E-state index in [1.54, 1.807) is 7.11 Å². The molecule has 0 aliphatic heterocycles. The van der Waals surface area contributed by atoms with Crippen molar-refractivity contribution in [3.05, 3.63) is 0 Å². The van der Waals surface area contributed by atoms with Gasteiger partial charge in [0.25, 0.3) is 6.69 Å². The van der Waals surface area contributed by atoms with Crippen molar-refractivity contribution in [2.45, 2.75) is 19.2 Å². The fraction of sp³-hybridized carbons (Fsp3) is 1.00. The van der Waals surface area contributed by atoms with Crippen LogP contribution in [0.4, 0.5) is 0 Å². The molecule has 0 aromatic heterocycles. The van der Waals surface area contributed by atoms with Crippen molar-refractivity contribution >= 4 is 28.9 Å². The molecule has 0 saturated heterocycles. The second-order valence-corrected chi connectivity index (χ2v) is 9.85. The summed E-state index contributed by atoms with van der Waals surface area (Å²) < 4.78 is 4.91. The van der Waals surface area contributed by atoms with Crippen molar-refractivity contribution in [3.8, 4) is 0 Å². The van der Waals surface area contributed by atoms with Gasteiger partial charge in [-0.05, 0) is 13.5 Å². The maximum absolute atomic E-state index is 5.76. The van der Waals surface area contributed by atoms with E-state index in [1.807, 2.05) is 13.5 Å². The normalized spacial score (nSPS) is 16.1. The van der Waals surface area contributed by atoms with Crippen LogP contribution in [0.1, 0.15) is 6.92 Å². The monoisotopic (exact) mass is 172 g/mol. The molecule has 0 bridgehead atoms. The predicted molar refractivity (Wildman–Crippen MR) is 39.8 cm³/mol. The summed E-state index contributed by atoms with van der Waals surface area (Å²) in [4.78, 5) is 0. The highest BCUT2D eigenvalue weighted by Gasteiger charge is 2.29. The summed E-state index contributed by atoms with van der Waals surface area (Å²) >= 11 is 11.5. The van der Waals surface area contributed by atoms with Crippen LogP contribution in [0, 0.1) is 0 Å². The fourth-order valence-corrected chi connectivity index (χ4v) is 1.16. The highest BCUT2D eigenvalue weighted by Crippen LogP contribution is 2.19. The molecule has 0 amide bonds. The van der Waals surface area contributed by atoms with E-state index >= 15 is 0 Å². The van der Waals surface area contributed by atoms with Crippen LogP contribution in [0.3, 0.4) is 0 Å². The van der Waals surface area contributed by atoms with Gasteiger partial charge in [-0.1, -0.05) is 0 Å². The topological polar surface area (TPSA) is 9.23 Å². The van der Waals surface area contributed by atoms with Gasteiger partial charge in [0.05, 0.1) is 5.73 Å². The zero-order chi connectivity index (χ0) is 6.78. The molecule has 0 saturated carbocycles. The molecule has 0 aromatic carbocycles. The van der Waals surface area contributed by atoms with E-state index in [2.05, 4.69) is 0 Å². The number of hydrogen-bond donors (Lipinski definition) is 0. The summed E-state index contributed by atoms with van der Waals surface area (Å²) in [7, 11) is 1.61. The van der Waals surface area contributed by atoms with Gasteiger partial charge in [-0.15, -0.1) is 22.2 Å². The van der Waals surface area contributed by atoms with Crippen molar-refractivity contribution in [1.29, 1.82) is 0 Å². The lowest BCUT2D eigenvalue weighted by atomic mass is 10.9. The van der Waals surface area contributed by atoms with Gasteiger partial charge < -0.3 is 4.74 Å². The first-order valence-corrected chi connectivity index (χ1v) is 6.99. The van der Waals surface area contributed by atoms with E-state index in [0.29, 0.717) is 0 Å². The van der Waals surface area contributed by atoms with Gasteiger partial charge in [-0.2, -0.15) is 0 Å². The van der Waals surface area contributed by atoms with Crippen LogP contribution in [-0.4, -0.2) is 19.5 Å². The summed E-state index contributed by atoms with van der Waals surface area (Å²) in [6.45, 7) is 1.68. The Bertz CT molecular complexity index is 70.9. The first-order chi connectivity index (χ1) is 3.48. The largest absolute Gasteiger partial charge is 0.382 e. The molecule has 0 fully saturated rings. The highest BCUT2D eigenvalue weighted by atomic mass is 35.7. The molecule has 0 heterocycles. The molecule has 1 nitrogen and oxygen atoms in total. The van der Waals surface area contributed by atoms with E-state index in [4.69, 9.17) is 26.9 Å². The fourth-order valence-electron chi connectivity index (χ4n) is 0.207. The summed E-state index contributed by atoms with van der Waals surface area (Å²) in [5, 5.41) is 0. The van der Waals surface area contributed by atoms with Crippen LogP contribution in [0.25, 0.3) is 0 Å². The Morgan fingerprint density at radius 2 is 1.88 bits per heavy atom. The van der Waals surface area contributed by atoms with E-state index in [-0.39, 0.29) is 5.73 Å². The molecule has 1 unspecified atom stereocenters. The van der Waals surface area contributed by atoms with Gasteiger partial charge in [-0.25, -0.2) is 0 Å². The van der Waals surface area contributed by atoms with Gasteiger partial charge in [0.15, 0.2) is 0 Å². The van der Waals surface area contributed by atoms with Crippen molar-refractivity contribution in [2.75, 3.05) is 7.11 Å². The third-order valence-corrected chi connectivity index (χ3v) is 4.57. The van der Waals surface area contributed by atoms with Crippen LogP contribution in [0.2, 0.25) is 6.55 Å². The summed E-state index contributed by atoms with van der Waals surface area (Å²) in [5.74, 6) is 0. The second-order valence-electron chi connectivity index (χ2n) is 1.83. The van der Waals surface area contributed by atoms with Crippen LogP contribution >= 0.6 is 22.2 Å². The lowest BCUT2D eigenvalue weighted by molar-refractivity contribution is 0.176. The lowest BCUT2D eigenvalue weighted by Gasteiger charge is -2.16. The van der Waals surface area contributed by atoms with E-state index in [1.165, 1.54) is 0 Å². The number of methoxy groups -OCH3 is 1. The summed E-state index contributed by atoms with van der Waals surface area (Å²) in [6.07, 6.45) is 0. The highest BCUT2D eigenvalue weighted by molar-refractivity contribution is 7.45. The molecular formula is C4H10Cl2OSi. The van der Waals surface area contributed by atoms with Crippen molar-refractivity contribution < 1.29 is 4.74 Å². The molecule has 0 aromatic rings. The molecule has 4 heteroatoms. The number of halogens is 2.